The number of fused-ring (bicyclic) bond motifs is 2. The van der Waals surface area contributed by atoms with Gasteiger partial charge in [0.15, 0.2) is 0 Å². The van der Waals surface area contributed by atoms with Crippen LogP contribution in [0.25, 0.3) is 11.0 Å². The molecule has 2 aliphatic rings. The molecular weight excluding hydrogens is 404 g/mol. The SMILES string of the molecule is Cc1ccnc2c1ccn2C1CC(Oc2cc(C(F)F)cc3c2CNCC3)[C@@H](O)[C@H]1O. The predicted octanol–water partition coefficient (Wildman–Crippen LogP) is 3.04. The van der Waals surface area contributed by atoms with Crippen LogP contribution in [-0.2, 0) is 13.0 Å². The Bertz CT molecular complexity index is 1120. The van der Waals surface area contributed by atoms with Gasteiger partial charge in [-0.2, -0.15) is 0 Å². The van der Waals surface area contributed by atoms with E-state index in [1.54, 1.807) is 6.20 Å². The highest BCUT2D eigenvalue weighted by Gasteiger charge is 2.44. The molecule has 3 N–H and O–H groups in total. The van der Waals surface area contributed by atoms with Crippen molar-refractivity contribution in [1.82, 2.24) is 14.9 Å². The highest BCUT2D eigenvalue weighted by atomic mass is 19.3. The summed E-state index contributed by atoms with van der Waals surface area (Å²) in [6, 6.07) is 6.33. The summed E-state index contributed by atoms with van der Waals surface area (Å²) in [5, 5.41) is 25.7. The second-order valence-electron chi connectivity index (χ2n) is 8.41. The van der Waals surface area contributed by atoms with E-state index in [0.717, 1.165) is 34.3 Å². The molecule has 1 aliphatic heterocycles. The number of alkyl halides is 2. The van der Waals surface area contributed by atoms with Gasteiger partial charge < -0.3 is 24.8 Å². The Labute approximate surface area is 178 Å². The summed E-state index contributed by atoms with van der Waals surface area (Å²) in [6.45, 7) is 3.24. The van der Waals surface area contributed by atoms with Gasteiger partial charge in [-0.3, -0.25) is 0 Å². The molecule has 0 amide bonds. The molecule has 2 aromatic heterocycles. The number of aliphatic hydroxyl groups is 2. The molecule has 164 valence electrons. The number of aryl methyl sites for hydroxylation is 1. The van der Waals surface area contributed by atoms with Crippen molar-refractivity contribution in [3.8, 4) is 5.75 Å². The average molecular weight is 429 g/mol. The van der Waals surface area contributed by atoms with Gasteiger partial charge in [-0.1, -0.05) is 0 Å². The monoisotopic (exact) mass is 429 g/mol. The fourth-order valence-electron chi connectivity index (χ4n) is 4.80. The van der Waals surface area contributed by atoms with Crippen LogP contribution in [0, 0.1) is 6.92 Å². The molecule has 1 aromatic carbocycles. The summed E-state index contributed by atoms with van der Waals surface area (Å²) in [6.07, 6.45) is -0.972. The fourth-order valence-corrected chi connectivity index (χ4v) is 4.80. The van der Waals surface area contributed by atoms with E-state index in [1.165, 1.54) is 12.1 Å². The number of hydrogen-bond donors (Lipinski definition) is 3. The highest BCUT2D eigenvalue weighted by Crippen LogP contribution is 2.38. The van der Waals surface area contributed by atoms with Crippen molar-refractivity contribution >= 4 is 11.0 Å². The summed E-state index contributed by atoms with van der Waals surface area (Å²) >= 11 is 0. The molecule has 5 rings (SSSR count). The Hall–Kier alpha value is -2.55. The van der Waals surface area contributed by atoms with Crippen LogP contribution in [0.4, 0.5) is 8.78 Å². The Balaban J connectivity index is 1.46. The van der Waals surface area contributed by atoms with Gasteiger partial charge in [-0.15, -0.1) is 0 Å². The highest BCUT2D eigenvalue weighted by molar-refractivity contribution is 5.79. The first kappa shape index (κ1) is 20.4. The van der Waals surface area contributed by atoms with Gasteiger partial charge >= 0.3 is 0 Å². The lowest BCUT2D eigenvalue weighted by Crippen LogP contribution is -2.35. The number of hydrogen-bond acceptors (Lipinski definition) is 5. The van der Waals surface area contributed by atoms with Gasteiger partial charge in [0.2, 0.25) is 0 Å². The maximum absolute atomic E-state index is 13.4. The zero-order chi connectivity index (χ0) is 21.7. The lowest BCUT2D eigenvalue weighted by molar-refractivity contribution is -0.0167. The van der Waals surface area contributed by atoms with E-state index in [0.29, 0.717) is 25.1 Å². The van der Waals surface area contributed by atoms with Crippen molar-refractivity contribution in [1.29, 1.82) is 0 Å². The minimum absolute atomic E-state index is 0.0867. The van der Waals surface area contributed by atoms with Crippen molar-refractivity contribution in [2.75, 3.05) is 6.54 Å². The second kappa shape index (κ2) is 7.85. The summed E-state index contributed by atoms with van der Waals surface area (Å²) < 4.78 is 34.8. The van der Waals surface area contributed by atoms with E-state index in [4.69, 9.17) is 4.74 Å². The van der Waals surface area contributed by atoms with Gasteiger partial charge in [0, 0.05) is 41.9 Å². The quantitative estimate of drug-likeness (QED) is 0.594. The molecule has 3 heterocycles. The lowest BCUT2D eigenvalue weighted by Gasteiger charge is -2.25. The van der Waals surface area contributed by atoms with Gasteiger partial charge in [0.25, 0.3) is 6.43 Å². The van der Waals surface area contributed by atoms with Crippen molar-refractivity contribution in [2.45, 2.75) is 57.1 Å². The molecule has 1 aliphatic carbocycles. The van der Waals surface area contributed by atoms with Crippen LogP contribution in [0.2, 0.25) is 0 Å². The first-order chi connectivity index (χ1) is 14.9. The molecule has 0 radical (unpaired) electrons. The minimum atomic E-state index is -2.60. The van der Waals surface area contributed by atoms with E-state index < -0.39 is 30.8 Å². The van der Waals surface area contributed by atoms with Crippen LogP contribution in [0.1, 0.15) is 41.1 Å². The van der Waals surface area contributed by atoms with Gasteiger partial charge in [-0.05, 0) is 55.3 Å². The number of rotatable bonds is 4. The van der Waals surface area contributed by atoms with Crippen molar-refractivity contribution in [3.05, 3.63) is 58.9 Å². The first-order valence-electron chi connectivity index (χ1n) is 10.5. The third-order valence-electron chi connectivity index (χ3n) is 6.52. The number of nitrogens with one attached hydrogen (secondary N) is 1. The molecule has 3 aromatic rings. The zero-order valence-electron chi connectivity index (χ0n) is 17.1. The molecule has 2 unspecified atom stereocenters. The third kappa shape index (κ3) is 3.48. The normalized spacial score (nSPS) is 25.9. The van der Waals surface area contributed by atoms with Crippen molar-refractivity contribution < 1.29 is 23.7 Å². The van der Waals surface area contributed by atoms with Crippen LogP contribution >= 0.6 is 0 Å². The Morgan fingerprint density at radius 3 is 2.87 bits per heavy atom. The number of nitrogens with zero attached hydrogens (tertiary/aromatic N) is 2. The van der Waals surface area contributed by atoms with Crippen molar-refractivity contribution in [2.24, 2.45) is 0 Å². The van der Waals surface area contributed by atoms with Crippen LogP contribution in [0.3, 0.4) is 0 Å². The molecule has 0 bridgehead atoms. The van der Waals surface area contributed by atoms with E-state index >= 15 is 0 Å². The van der Waals surface area contributed by atoms with E-state index in [1.807, 2.05) is 29.8 Å². The molecule has 8 heteroatoms. The number of pyridine rings is 1. The summed E-state index contributed by atoms with van der Waals surface area (Å²) in [7, 11) is 0. The molecule has 31 heavy (non-hydrogen) atoms. The standard InChI is InChI=1S/C23H25F2N3O3/c1-12-2-6-27-23-15(12)4-7-28(23)17-10-19(21(30)20(17)29)31-18-9-14(22(24)25)8-13-3-5-26-11-16(13)18/h2,4,6-9,17,19-22,26,29-30H,3,5,10-11H2,1H3/t17?,19?,20-,21+/m0/s1. The lowest BCUT2D eigenvalue weighted by atomic mass is 9.97. The van der Waals surface area contributed by atoms with Gasteiger partial charge in [0.1, 0.15) is 29.7 Å². The summed E-state index contributed by atoms with van der Waals surface area (Å²) in [5.74, 6) is 0.350. The molecule has 1 saturated carbocycles. The van der Waals surface area contributed by atoms with Crippen molar-refractivity contribution in [3.63, 3.8) is 0 Å². The Morgan fingerprint density at radius 1 is 1.23 bits per heavy atom. The summed E-state index contributed by atoms with van der Waals surface area (Å²) in [5.41, 5.74) is 3.40. The smallest absolute Gasteiger partial charge is 0.263 e. The molecule has 0 spiro atoms. The van der Waals surface area contributed by atoms with Crippen LogP contribution in [-0.4, -0.2) is 44.6 Å². The Morgan fingerprint density at radius 2 is 2.06 bits per heavy atom. The van der Waals surface area contributed by atoms with Gasteiger partial charge in [-0.25, -0.2) is 13.8 Å². The fraction of sp³-hybridized carbons (Fsp3) is 0.435. The topological polar surface area (TPSA) is 79.5 Å². The van der Waals surface area contributed by atoms with E-state index in [2.05, 4.69) is 10.3 Å². The number of aliphatic hydroxyl groups excluding tert-OH is 2. The minimum Gasteiger partial charge on any atom is -0.487 e. The second-order valence-corrected chi connectivity index (χ2v) is 8.41. The number of halogens is 2. The average Bonchev–Trinajstić information content (AvgIpc) is 3.31. The number of aromatic nitrogens is 2. The van der Waals surface area contributed by atoms with E-state index in [-0.39, 0.29) is 5.56 Å². The zero-order valence-corrected chi connectivity index (χ0v) is 17.1. The van der Waals surface area contributed by atoms with Gasteiger partial charge in [0.05, 0.1) is 6.04 Å². The molecular formula is C23H25F2N3O3. The number of ether oxygens (including phenoxy) is 1. The van der Waals surface area contributed by atoms with Crippen LogP contribution in [0.15, 0.2) is 36.7 Å². The molecule has 4 atom stereocenters. The maximum atomic E-state index is 13.4. The number of benzene rings is 1. The predicted molar refractivity (Wildman–Crippen MR) is 111 cm³/mol. The molecule has 1 fully saturated rings. The van der Waals surface area contributed by atoms with E-state index in [9.17, 15) is 19.0 Å². The van der Waals surface area contributed by atoms with Crippen LogP contribution in [0.5, 0.6) is 5.75 Å². The first-order valence-corrected chi connectivity index (χ1v) is 10.5. The van der Waals surface area contributed by atoms with Crippen LogP contribution < -0.4 is 10.1 Å². The largest absolute Gasteiger partial charge is 0.487 e. The Kier molecular flexibility index (Phi) is 5.16. The molecule has 6 nitrogen and oxygen atoms in total. The summed E-state index contributed by atoms with van der Waals surface area (Å²) in [4.78, 5) is 4.44. The molecule has 0 saturated heterocycles. The third-order valence-corrected chi connectivity index (χ3v) is 6.52. The maximum Gasteiger partial charge on any atom is 0.263 e.